The normalized spacial score (nSPS) is 12.9. The number of ether oxygens (including phenoxy) is 1. The minimum atomic E-state index is -0.300. The van der Waals surface area contributed by atoms with Gasteiger partial charge in [-0.15, -0.1) is 0 Å². The summed E-state index contributed by atoms with van der Waals surface area (Å²) in [6.45, 7) is 1.85. The Morgan fingerprint density at radius 3 is 2.35 bits per heavy atom. The molecule has 0 heterocycles. The molecule has 0 radical (unpaired) electrons. The van der Waals surface area contributed by atoms with Crippen molar-refractivity contribution in [3.8, 4) is 11.5 Å². The number of ketones is 2. The lowest BCUT2D eigenvalue weighted by atomic mass is 9.83. The fourth-order valence-corrected chi connectivity index (χ4v) is 2.52. The van der Waals surface area contributed by atoms with Crippen LogP contribution in [0.25, 0.3) is 0 Å². The first-order valence-corrected chi connectivity index (χ1v) is 6.14. The molecule has 0 aliphatic heterocycles. The number of aryl methyl sites for hydroxylation is 1. The van der Waals surface area contributed by atoms with Crippen LogP contribution in [0.15, 0.2) is 30.3 Å². The molecule has 0 unspecified atom stereocenters. The monoisotopic (exact) mass is 268 g/mol. The summed E-state index contributed by atoms with van der Waals surface area (Å²) in [7, 11) is 1.36. The van der Waals surface area contributed by atoms with Crippen molar-refractivity contribution in [3.05, 3.63) is 58.1 Å². The fraction of sp³-hybridized carbons (Fsp3) is 0.125. The Labute approximate surface area is 115 Å². The molecular weight excluding hydrogens is 256 g/mol. The molecule has 4 nitrogen and oxygen atoms in total. The zero-order valence-electron chi connectivity index (χ0n) is 11.1. The van der Waals surface area contributed by atoms with E-state index in [2.05, 4.69) is 0 Å². The topological polar surface area (TPSA) is 63.6 Å². The zero-order valence-corrected chi connectivity index (χ0v) is 11.1. The van der Waals surface area contributed by atoms with Crippen molar-refractivity contribution in [3.63, 3.8) is 0 Å². The van der Waals surface area contributed by atoms with Crippen molar-refractivity contribution in [2.24, 2.45) is 0 Å². The van der Waals surface area contributed by atoms with Crippen molar-refractivity contribution in [1.82, 2.24) is 0 Å². The second-order valence-corrected chi connectivity index (χ2v) is 4.75. The van der Waals surface area contributed by atoms with E-state index in [0.29, 0.717) is 11.1 Å². The Bertz CT molecular complexity index is 759. The second-order valence-electron chi connectivity index (χ2n) is 4.75. The van der Waals surface area contributed by atoms with Gasteiger partial charge in [0.15, 0.2) is 23.1 Å². The Morgan fingerprint density at radius 1 is 0.950 bits per heavy atom. The average molecular weight is 268 g/mol. The van der Waals surface area contributed by atoms with Gasteiger partial charge in [0, 0.05) is 16.7 Å². The predicted molar refractivity (Wildman–Crippen MR) is 72.7 cm³/mol. The lowest BCUT2D eigenvalue weighted by molar-refractivity contribution is 0.0976. The zero-order chi connectivity index (χ0) is 14.4. The molecule has 0 amide bonds. The molecule has 2 aromatic rings. The van der Waals surface area contributed by atoms with Crippen LogP contribution in [-0.2, 0) is 0 Å². The van der Waals surface area contributed by atoms with E-state index in [4.69, 9.17) is 4.74 Å². The number of phenols is 1. The van der Waals surface area contributed by atoms with Gasteiger partial charge >= 0.3 is 0 Å². The van der Waals surface area contributed by atoms with E-state index in [1.807, 2.05) is 6.92 Å². The molecule has 1 N–H and O–H groups in total. The standard InChI is InChI=1S/C16H12O4/c1-8-3-4-9-11(7-8)15(19)13-10(14(9)18)5-6-12(17)16(13)20-2/h3-7,17H,1-2H3. The molecule has 1 aliphatic carbocycles. The fourth-order valence-electron chi connectivity index (χ4n) is 2.52. The Balaban J connectivity index is 2.35. The Kier molecular flexibility index (Phi) is 2.61. The van der Waals surface area contributed by atoms with Crippen molar-refractivity contribution in [2.45, 2.75) is 6.92 Å². The second kappa shape index (κ2) is 4.20. The molecule has 0 saturated carbocycles. The van der Waals surface area contributed by atoms with Crippen LogP contribution in [0.2, 0.25) is 0 Å². The molecule has 20 heavy (non-hydrogen) atoms. The highest BCUT2D eigenvalue weighted by Crippen LogP contribution is 2.38. The molecule has 0 aromatic heterocycles. The molecule has 0 atom stereocenters. The largest absolute Gasteiger partial charge is 0.504 e. The maximum Gasteiger partial charge on any atom is 0.198 e. The average Bonchev–Trinajstić information content (AvgIpc) is 2.44. The number of hydrogen-bond donors (Lipinski definition) is 1. The number of aromatic hydroxyl groups is 1. The summed E-state index contributed by atoms with van der Waals surface area (Å²) in [5, 5.41) is 9.78. The van der Waals surface area contributed by atoms with E-state index in [1.165, 1.54) is 19.2 Å². The first kappa shape index (κ1) is 12.4. The highest BCUT2D eigenvalue weighted by Gasteiger charge is 2.33. The van der Waals surface area contributed by atoms with Gasteiger partial charge in [0.05, 0.1) is 12.7 Å². The summed E-state index contributed by atoms with van der Waals surface area (Å²) in [6.07, 6.45) is 0. The van der Waals surface area contributed by atoms with Crippen LogP contribution in [0.3, 0.4) is 0 Å². The van der Waals surface area contributed by atoms with Gasteiger partial charge in [0.1, 0.15) is 0 Å². The van der Waals surface area contributed by atoms with Crippen LogP contribution in [0.5, 0.6) is 11.5 Å². The molecule has 0 saturated heterocycles. The number of carbonyl (C=O) groups excluding carboxylic acids is 2. The lowest BCUT2D eigenvalue weighted by Gasteiger charge is -2.20. The van der Waals surface area contributed by atoms with Gasteiger partial charge in [-0.1, -0.05) is 17.7 Å². The van der Waals surface area contributed by atoms with Gasteiger partial charge in [-0.05, 0) is 25.1 Å². The third kappa shape index (κ3) is 1.54. The summed E-state index contributed by atoms with van der Waals surface area (Å²) in [4.78, 5) is 25.0. The maximum atomic E-state index is 12.6. The number of benzene rings is 2. The van der Waals surface area contributed by atoms with E-state index in [0.717, 1.165) is 5.56 Å². The number of carbonyl (C=O) groups is 2. The van der Waals surface area contributed by atoms with Crippen molar-refractivity contribution in [1.29, 1.82) is 0 Å². The van der Waals surface area contributed by atoms with Crippen LogP contribution in [0.4, 0.5) is 0 Å². The maximum absolute atomic E-state index is 12.6. The van der Waals surface area contributed by atoms with Crippen molar-refractivity contribution in [2.75, 3.05) is 7.11 Å². The SMILES string of the molecule is COc1c(O)ccc2c1C(=O)c1cc(C)ccc1C2=O. The van der Waals surface area contributed by atoms with E-state index in [9.17, 15) is 14.7 Å². The number of phenolic OH excluding ortho intramolecular Hbond substituents is 1. The Morgan fingerprint density at radius 2 is 1.65 bits per heavy atom. The molecule has 2 aromatic carbocycles. The first-order chi connectivity index (χ1) is 9.54. The van der Waals surface area contributed by atoms with E-state index in [1.54, 1.807) is 18.2 Å². The predicted octanol–water partition coefficient (Wildman–Crippen LogP) is 2.48. The summed E-state index contributed by atoms with van der Waals surface area (Å²) in [6, 6.07) is 7.96. The minimum absolute atomic E-state index is 0.0491. The quantitative estimate of drug-likeness (QED) is 0.736. The van der Waals surface area contributed by atoms with E-state index >= 15 is 0 Å². The van der Waals surface area contributed by atoms with Gasteiger partial charge in [-0.3, -0.25) is 9.59 Å². The number of methoxy groups -OCH3 is 1. The molecular formula is C16H12O4. The van der Waals surface area contributed by atoms with Gasteiger partial charge in [-0.2, -0.15) is 0 Å². The van der Waals surface area contributed by atoms with Crippen LogP contribution >= 0.6 is 0 Å². The summed E-state index contributed by atoms with van der Waals surface area (Å²) >= 11 is 0. The third-order valence-electron chi connectivity index (χ3n) is 3.48. The van der Waals surface area contributed by atoms with Crippen LogP contribution in [0, 0.1) is 6.92 Å². The third-order valence-corrected chi connectivity index (χ3v) is 3.48. The van der Waals surface area contributed by atoms with Crippen LogP contribution in [-0.4, -0.2) is 23.8 Å². The number of rotatable bonds is 1. The summed E-state index contributed by atoms with van der Waals surface area (Å²) in [5.41, 5.74) is 2.04. The van der Waals surface area contributed by atoms with Gasteiger partial charge in [0.2, 0.25) is 0 Å². The van der Waals surface area contributed by atoms with Gasteiger partial charge < -0.3 is 9.84 Å². The lowest BCUT2D eigenvalue weighted by Crippen LogP contribution is -2.21. The van der Waals surface area contributed by atoms with E-state index < -0.39 is 0 Å². The molecule has 1 aliphatic rings. The summed E-state index contributed by atoms with van der Waals surface area (Å²) in [5.74, 6) is -0.629. The highest BCUT2D eigenvalue weighted by atomic mass is 16.5. The van der Waals surface area contributed by atoms with Crippen molar-refractivity contribution >= 4 is 11.6 Å². The van der Waals surface area contributed by atoms with Crippen LogP contribution < -0.4 is 4.74 Å². The Hall–Kier alpha value is -2.62. The highest BCUT2D eigenvalue weighted by molar-refractivity contribution is 6.29. The van der Waals surface area contributed by atoms with Gasteiger partial charge in [-0.25, -0.2) is 0 Å². The molecule has 0 spiro atoms. The minimum Gasteiger partial charge on any atom is -0.504 e. The smallest absolute Gasteiger partial charge is 0.198 e. The first-order valence-electron chi connectivity index (χ1n) is 6.14. The molecule has 3 rings (SSSR count). The van der Waals surface area contributed by atoms with Gasteiger partial charge in [0.25, 0.3) is 0 Å². The molecule has 0 fully saturated rings. The number of fused-ring (bicyclic) bond motifs is 2. The summed E-state index contributed by atoms with van der Waals surface area (Å²) < 4.78 is 5.08. The van der Waals surface area contributed by atoms with Crippen molar-refractivity contribution < 1.29 is 19.4 Å². The molecule has 0 bridgehead atoms. The van der Waals surface area contributed by atoms with Crippen LogP contribution in [0.1, 0.15) is 37.4 Å². The molecule has 100 valence electrons. The molecule has 4 heteroatoms. The number of hydrogen-bond acceptors (Lipinski definition) is 4. The van der Waals surface area contributed by atoms with E-state index in [-0.39, 0.29) is 34.2 Å².